The molecule has 4 rings (SSSR count). The van der Waals surface area contributed by atoms with Crippen LogP contribution in [0.5, 0.6) is 0 Å². The first-order valence-electron chi connectivity index (χ1n) is 11.0. The minimum absolute atomic E-state index is 0.260. The Morgan fingerprint density at radius 3 is 2.43 bits per heavy atom. The Labute approximate surface area is 203 Å². The van der Waals surface area contributed by atoms with Crippen molar-refractivity contribution in [2.45, 2.75) is 12.5 Å². The number of carbonyl (C=O) groups is 3. The second kappa shape index (κ2) is 9.90. The third kappa shape index (κ3) is 4.97. The van der Waals surface area contributed by atoms with Gasteiger partial charge in [0.15, 0.2) is 0 Å². The molecule has 3 aromatic rings. The molecule has 0 saturated heterocycles. The van der Waals surface area contributed by atoms with Crippen molar-refractivity contribution in [1.29, 1.82) is 0 Å². The highest BCUT2D eigenvalue weighted by Gasteiger charge is 2.36. The van der Waals surface area contributed by atoms with Gasteiger partial charge in [-0.2, -0.15) is 0 Å². The van der Waals surface area contributed by atoms with Crippen LogP contribution in [0.2, 0.25) is 0 Å². The first-order chi connectivity index (χ1) is 16.8. The van der Waals surface area contributed by atoms with Crippen molar-refractivity contribution >= 4 is 34.9 Å². The number of methoxy groups -OCH3 is 1. The molecule has 1 aliphatic rings. The molecule has 0 aromatic heterocycles. The summed E-state index contributed by atoms with van der Waals surface area (Å²) in [5, 5.41) is 2.86. The third-order valence-electron chi connectivity index (χ3n) is 5.74. The first-order valence-corrected chi connectivity index (χ1v) is 11.0. The summed E-state index contributed by atoms with van der Waals surface area (Å²) in [7, 11) is 5.12. The van der Waals surface area contributed by atoms with E-state index in [9.17, 15) is 14.4 Å². The Morgan fingerprint density at radius 2 is 1.77 bits per heavy atom. The van der Waals surface area contributed by atoms with E-state index in [2.05, 4.69) is 5.32 Å². The molecule has 1 unspecified atom stereocenters. The van der Waals surface area contributed by atoms with E-state index in [1.165, 1.54) is 7.11 Å². The lowest BCUT2D eigenvalue weighted by atomic mass is 9.90. The number of aliphatic imine (C=N–C) groups is 1. The Kier molecular flexibility index (Phi) is 6.75. The number of amides is 2. The molecule has 1 atom stereocenters. The van der Waals surface area contributed by atoms with Crippen LogP contribution in [0.1, 0.15) is 43.3 Å². The van der Waals surface area contributed by atoms with Gasteiger partial charge in [-0.3, -0.25) is 14.6 Å². The van der Waals surface area contributed by atoms with Gasteiger partial charge in [0.05, 0.1) is 24.1 Å². The lowest BCUT2D eigenvalue weighted by molar-refractivity contribution is -0.115. The van der Waals surface area contributed by atoms with E-state index in [1.807, 2.05) is 61.5 Å². The second-order valence-electron chi connectivity index (χ2n) is 8.52. The molecule has 35 heavy (non-hydrogen) atoms. The number of anilines is 1. The van der Waals surface area contributed by atoms with E-state index in [0.29, 0.717) is 40.3 Å². The second-order valence-corrected chi connectivity index (χ2v) is 8.52. The molecular formula is C27H26N4O4. The zero-order valence-electron chi connectivity index (χ0n) is 19.7. The number of carbonyl (C=O) groups excluding carboxylic acids is 3. The van der Waals surface area contributed by atoms with Crippen LogP contribution in [0.4, 0.5) is 11.4 Å². The van der Waals surface area contributed by atoms with Gasteiger partial charge in [-0.25, -0.2) is 4.79 Å². The number of fused-ring (bicyclic) bond motifs is 1. The minimum atomic E-state index is -0.711. The molecule has 3 aromatic carbocycles. The van der Waals surface area contributed by atoms with Crippen LogP contribution in [0.25, 0.3) is 0 Å². The summed E-state index contributed by atoms with van der Waals surface area (Å²) in [4.78, 5) is 44.0. The first kappa shape index (κ1) is 23.8. The fraction of sp³-hybridized carbons (Fsp3) is 0.185. The van der Waals surface area contributed by atoms with Crippen molar-refractivity contribution in [3.8, 4) is 0 Å². The smallest absolute Gasteiger partial charge is 0.337 e. The average molecular weight is 471 g/mol. The summed E-state index contributed by atoms with van der Waals surface area (Å²) >= 11 is 0. The Balaban J connectivity index is 1.84. The highest BCUT2D eigenvalue weighted by atomic mass is 16.5. The summed E-state index contributed by atoms with van der Waals surface area (Å²) in [6.45, 7) is 0.550. The maximum atomic E-state index is 13.1. The Hall–Kier alpha value is -4.30. The lowest BCUT2D eigenvalue weighted by Gasteiger charge is -2.16. The van der Waals surface area contributed by atoms with E-state index in [1.54, 1.807) is 24.3 Å². The fourth-order valence-corrected chi connectivity index (χ4v) is 4.16. The molecule has 2 amide bonds. The van der Waals surface area contributed by atoms with Crippen LogP contribution < -0.4 is 11.1 Å². The number of hydrogen-bond donors (Lipinski definition) is 2. The number of rotatable bonds is 7. The molecule has 0 saturated carbocycles. The van der Waals surface area contributed by atoms with Crippen molar-refractivity contribution in [2.75, 3.05) is 26.5 Å². The summed E-state index contributed by atoms with van der Waals surface area (Å²) < 4.78 is 4.79. The number of benzene rings is 3. The highest BCUT2D eigenvalue weighted by molar-refractivity contribution is 6.24. The van der Waals surface area contributed by atoms with Crippen LogP contribution >= 0.6 is 0 Å². The van der Waals surface area contributed by atoms with Gasteiger partial charge < -0.3 is 20.7 Å². The molecule has 0 bridgehead atoms. The monoisotopic (exact) mass is 470 g/mol. The largest absolute Gasteiger partial charge is 0.465 e. The number of esters is 1. The summed E-state index contributed by atoms with van der Waals surface area (Å²) in [6, 6.07) is 19.6. The number of ether oxygens (including phenoxy) is 1. The SMILES string of the molecule is COC(=O)c1ccc2c(c1)NC(=O)C2C(=Nc1ccc(CN(C)C)c(C(N)=O)c1)c1ccccc1. The topological polar surface area (TPSA) is 114 Å². The maximum Gasteiger partial charge on any atom is 0.337 e. The fourth-order valence-electron chi connectivity index (χ4n) is 4.16. The maximum absolute atomic E-state index is 13.1. The molecule has 1 aliphatic heterocycles. The molecular weight excluding hydrogens is 444 g/mol. The number of hydrogen-bond acceptors (Lipinski definition) is 6. The van der Waals surface area contributed by atoms with Gasteiger partial charge in [0.1, 0.15) is 5.92 Å². The van der Waals surface area contributed by atoms with E-state index in [0.717, 1.165) is 11.1 Å². The van der Waals surface area contributed by atoms with Crippen molar-refractivity contribution in [3.05, 3.63) is 94.5 Å². The highest BCUT2D eigenvalue weighted by Crippen LogP contribution is 2.37. The number of nitrogens with zero attached hydrogens (tertiary/aromatic N) is 2. The minimum Gasteiger partial charge on any atom is -0.465 e. The van der Waals surface area contributed by atoms with Gasteiger partial charge in [0.2, 0.25) is 11.8 Å². The van der Waals surface area contributed by atoms with Crippen LogP contribution in [-0.4, -0.2) is 49.6 Å². The molecule has 3 N–H and O–H groups in total. The molecule has 0 radical (unpaired) electrons. The quantitative estimate of drug-likeness (QED) is 0.405. The summed E-state index contributed by atoms with van der Waals surface area (Å²) in [6.07, 6.45) is 0. The van der Waals surface area contributed by atoms with Crippen LogP contribution in [0, 0.1) is 0 Å². The normalized spacial score (nSPS) is 15.0. The predicted molar refractivity (Wildman–Crippen MR) is 134 cm³/mol. The van der Waals surface area contributed by atoms with Crippen molar-refractivity contribution in [3.63, 3.8) is 0 Å². The van der Waals surface area contributed by atoms with Crippen LogP contribution in [0.3, 0.4) is 0 Å². The average Bonchev–Trinajstić information content (AvgIpc) is 3.17. The summed E-state index contributed by atoms with van der Waals surface area (Å²) in [5.41, 5.74) is 10.2. The van der Waals surface area contributed by atoms with Gasteiger partial charge in [-0.1, -0.05) is 42.5 Å². The van der Waals surface area contributed by atoms with Crippen LogP contribution in [0.15, 0.2) is 71.7 Å². The third-order valence-corrected chi connectivity index (χ3v) is 5.74. The van der Waals surface area contributed by atoms with Gasteiger partial charge in [0, 0.05) is 17.8 Å². The standard InChI is InChI=1S/C27H26N4O4/c1-31(2)15-18-9-11-19(14-21(18)25(28)32)29-24(16-7-5-4-6-8-16)23-20-12-10-17(27(34)35-3)13-22(20)30-26(23)33/h4-14,23H,15H2,1-3H3,(H2,28,32)(H,30,33). The van der Waals surface area contributed by atoms with E-state index in [4.69, 9.17) is 15.5 Å². The lowest BCUT2D eigenvalue weighted by Crippen LogP contribution is -2.22. The molecule has 8 heteroatoms. The molecule has 8 nitrogen and oxygen atoms in total. The molecule has 0 aliphatic carbocycles. The number of primary amides is 1. The zero-order valence-corrected chi connectivity index (χ0v) is 19.7. The van der Waals surface area contributed by atoms with E-state index in [-0.39, 0.29) is 5.91 Å². The van der Waals surface area contributed by atoms with Gasteiger partial charge in [0.25, 0.3) is 0 Å². The summed E-state index contributed by atoms with van der Waals surface area (Å²) in [5.74, 6) is -2.00. The molecule has 1 heterocycles. The van der Waals surface area contributed by atoms with Crippen LogP contribution in [-0.2, 0) is 16.1 Å². The zero-order chi connectivity index (χ0) is 25.1. The van der Waals surface area contributed by atoms with Gasteiger partial charge >= 0.3 is 5.97 Å². The molecule has 0 spiro atoms. The predicted octanol–water partition coefficient (Wildman–Crippen LogP) is 3.49. The molecule has 0 fully saturated rings. The van der Waals surface area contributed by atoms with Crippen molar-refractivity contribution in [1.82, 2.24) is 4.90 Å². The van der Waals surface area contributed by atoms with E-state index >= 15 is 0 Å². The van der Waals surface area contributed by atoms with E-state index < -0.39 is 17.8 Å². The number of nitrogens with one attached hydrogen (secondary N) is 1. The van der Waals surface area contributed by atoms with Crippen molar-refractivity contribution < 1.29 is 19.1 Å². The molecule has 178 valence electrons. The van der Waals surface area contributed by atoms with Crippen molar-refractivity contribution in [2.24, 2.45) is 10.7 Å². The Bertz CT molecular complexity index is 1330. The Morgan fingerprint density at radius 1 is 1.03 bits per heavy atom. The van der Waals surface area contributed by atoms with Gasteiger partial charge in [-0.05, 0) is 55.1 Å². The van der Waals surface area contributed by atoms with Gasteiger partial charge in [-0.15, -0.1) is 0 Å². The number of nitrogens with two attached hydrogens (primary N) is 1.